The van der Waals surface area contributed by atoms with Gasteiger partial charge in [0.2, 0.25) is 12.7 Å². The van der Waals surface area contributed by atoms with Crippen molar-refractivity contribution in [1.29, 1.82) is 0 Å². The van der Waals surface area contributed by atoms with Crippen molar-refractivity contribution in [2.24, 2.45) is 0 Å². The van der Waals surface area contributed by atoms with E-state index >= 15 is 0 Å². The van der Waals surface area contributed by atoms with E-state index in [9.17, 15) is 24.3 Å². The van der Waals surface area contributed by atoms with Gasteiger partial charge in [0, 0.05) is 32.2 Å². The van der Waals surface area contributed by atoms with Crippen LogP contribution in [0.2, 0.25) is 0 Å². The molecular weight excluding hydrogens is 516 g/mol. The van der Waals surface area contributed by atoms with E-state index in [1.54, 1.807) is 6.92 Å². The summed E-state index contributed by atoms with van der Waals surface area (Å²) in [6.07, 6.45) is -2.72. The highest BCUT2D eigenvalue weighted by atomic mass is 16.7. The van der Waals surface area contributed by atoms with Gasteiger partial charge in [-0.1, -0.05) is 18.2 Å². The normalized spacial score (nSPS) is 12.7. The van der Waals surface area contributed by atoms with E-state index in [2.05, 4.69) is 10.2 Å². The number of carbonyl (C=O) groups excluding carboxylic acids is 1. The number of anilines is 1. The monoisotopic (exact) mass is 548 g/mol. The van der Waals surface area contributed by atoms with Crippen LogP contribution in [0.4, 0.5) is 5.69 Å². The van der Waals surface area contributed by atoms with Gasteiger partial charge < -0.3 is 40.3 Å². The Hall–Kier alpha value is -4.20. The summed E-state index contributed by atoms with van der Waals surface area (Å²) < 4.78 is 10.8. The molecule has 0 fully saturated rings. The van der Waals surface area contributed by atoms with E-state index in [1.165, 1.54) is 6.92 Å². The molecule has 0 bridgehead atoms. The summed E-state index contributed by atoms with van der Waals surface area (Å²) in [5, 5.41) is 46.4. The van der Waals surface area contributed by atoms with Crippen LogP contribution in [0.3, 0.4) is 0 Å². The fourth-order valence-electron chi connectivity index (χ4n) is 3.73. The fourth-order valence-corrected chi connectivity index (χ4v) is 3.73. The van der Waals surface area contributed by atoms with Crippen LogP contribution in [0.15, 0.2) is 42.5 Å². The number of benzene rings is 2. The summed E-state index contributed by atoms with van der Waals surface area (Å²) >= 11 is 0. The molecule has 0 radical (unpaired) electrons. The Balaban J connectivity index is 0.000000349. The van der Waals surface area contributed by atoms with Gasteiger partial charge in [0.05, 0.1) is 18.9 Å². The zero-order valence-corrected chi connectivity index (χ0v) is 21.5. The molecule has 1 heterocycles. The average molecular weight is 549 g/mol. The van der Waals surface area contributed by atoms with Crippen molar-refractivity contribution in [2.75, 3.05) is 18.7 Å². The number of fused-ring (bicyclic) bond motifs is 1. The second-order valence-corrected chi connectivity index (χ2v) is 9.06. The number of hydrogen-bond acceptors (Lipinski definition) is 9. The predicted molar refractivity (Wildman–Crippen MR) is 136 cm³/mol. The molecule has 13 nitrogen and oxygen atoms in total. The SMILES string of the molecule is CC(=O)Nc1ccc(CN(Cc2ccc3c(c2)OCO3)CC(C)O)cc1.O=C(O)CC(O)(CC(=O)O)C(=O)O. The summed E-state index contributed by atoms with van der Waals surface area (Å²) in [7, 11) is 0. The van der Waals surface area contributed by atoms with E-state index in [1.807, 2.05) is 42.5 Å². The molecule has 0 saturated heterocycles. The molecule has 212 valence electrons. The number of aliphatic carboxylic acids is 3. The van der Waals surface area contributed by atoms with E-state index in [0.717, 1.165) is 28.3 Å². The Kier molecular flexibility index (Phi) is 11.2. The van der Waals surface area contributed by atoms with Gasteiger partial charge in [0.25, 0.3) is 0 Å². The molecular formula is C26H32N2O11. The molecule has 2 aromatic carbocycles. The second-order valence-electron chi connectivity index (χ2n) is 9.06. The lowest BCUT2D eigenvalue weighted by molar-refractivity contribution is -0.170. The van der Waals surface area contributed by atoms with Crippen LogP contribution < -0.4 is 14.8 Å². The first-order valence-electron chi connectivity index (χ1n) is 11.8. The second kappa shape index (κ2) is 14.1. The van der Waals surface area contributed by atoms with Crippen LogP contribution in [-0.2, 0) is 32.3 Å². The maximum Gasteiger partial charge on any atom is 0.336 e. The standard InChI is InChI=1S/C20H24N2O4.C6H8O7/c1-14(23)10-22(11-16-3-6-18(7-4-16)21-15(2)24)12-17-5-8-19-20(9-17)26-13-25-19;7-3(8)1-6(13,5(11)12)2-4(9)10/h3-9,14,23H,10-13H2,1-2H3,(H,21,24);13H,1-2H2,(H,7,8)(H,9,10)(H,11,12). The number of ether oxygens (including phenoxy) is 2. The smallest absolute Gasteiger partial charge is 0.336 e. The first-order chi connectivity index (χ1) is 18.3. The van der Waals surface area contributed by atoms with Crippen molar-refractivity contribution >= 4 is 29.5 Å². The van der Waals surface area contributed by atoms with Crippen LogP contribution in [0.25, 0.3) is 0 Å². The van der Waals surface area contributed by atoms with Crippen molar-refractivity contribution < 1.29 is 54.2 Å². The minimum Gasteiger partial charge on any atom is -0.481 e. The maximum atomic E-state index is 11.1. The first kappa shape index (κ1) is 31.0. The van der Waals surface area contributed by atoms with Crippen molar-refractivity contribution in [1.82, 2.24) is 4.90 Å². The van der Waals surface area contributed by atoms with Crippen molar-refractivity contribution in [2.45, 2.75) is 51.5 Å². The summed E-state index contributed by atoms with van der Waals surface area (Å²) in [6, 6.07) is 13.7. The van der Waals surface area contributed by atoms with Gasteiger partial charge in [0.1, 0.15) is 0 Å². The summed E-state index contributed by atoms with van der Waals surface area (Å²) in [6.45, 7) is 5.48. The van der Waals surface area contributed by atoms with Gasteiger partial charge in [-0.05, 0) is 42.3 Å². The van der Waals surface area contributed by atoms with E-state index in [0.29, 0.717) is 19.6 Å². The largest absolute Gasteiger partial charge is 0.481 e. The lowest BCUT2D eigenvalue weighted by Crippen LogP contribution is -2.42. The Morgan fingerprint density at radius 2 is 1.46 bits per heavy atom. The zero-order valence-electron chi connectivity index (χ0n) is 21.5. The molecule has 0 spiro atoms. The topological polar surface area (TPSA) is 203 Å². The minimum atomic E-state index is -2.74. The highest BCUT2D eigenvalue weighted by Gasteiger charge is 2.40. The Morgan fingerprint density at radius 3 is 1.97 bits per heavy atom. The van der Waals surface area contributed by atoms with Crippen LogP contribution >= 0.6 is 0 Å². The van der Waals surface area contributed by atoms with Crippen LogP contribution in [0.1, 0.15) is 37.8 Å². The molecule has 0 aromatic heterocycles. The quantitative estimate of drug-likeness (QED) is 0.223. The third-order valence-corrected chi connectivity index (χ3v) is 5.33. The van der Waals surface area contributed by atoms with Gasteiger partial charge >= 0.3 is 17.9 Å². The number of carboxylic acids is 3. The summed E-state index contributed by atoms with van der Waals surface area (Å²) in [4.78, 5) is 43.8. The highest BCUT2D eigenvalue weighted by Crippen LogP contribution is 2.33. The minimum absolute atomic E-state index is 0.0868. The van der Waals surface area contributed by atoms with Crippen molar-refractivity contribution in [3.05, 3.63) is 53.6 Å². The number of nitrogens with zero attached hydrogens (tertiary/aromatic N) is 1. The van der Waals surface area contributed by atoms with Gasteiger partial charge in [-0.15, -0.1) is 0 Å². The molecule has 1 atom stereocenters. The lowest BCUT2D eigenvalue weighted by atomic mass is 9.96. The van der Waals surface area contributed by atoms with Gasteiger partial charge in [-0.25, -0.2) is 4.79 Å². The molecule has 2 aromatic rings. The molecule has 0 saturated carbocycles. The Morgan fingerprint density at radius 1 is 0.923 bits per heavy atom. The lowest BCUT2D eigenvalue weighted by Gasteiger charge is -2.24. The third kappa shape index (κ3) is 10.6. The van der Waals surface area contributed by atoms with Crippen molar-refractivity contribution in [3.8, 4) is 11.5 Å². The summed E-state index contributed by atoms with van der Waals surface area (Å²) in [5.74, 6) is -3.57. The molecule has 1 aliphatic heterocycles. The van der Waals surface area contributed by atoms with E-state index in [4.69, 9.17) is 29.9 Å². The number of aliphatic hydroxyl groups is 2. The van der Waals surface area contributed by atoms with Crippen LogP contribution in [0, 0.1) is 0 Å². The molecule has 6 N–H and O–H groups in total. The number of amides is 1. The number of carboxylic acid groups (broad SMARTS) is 3. The molecule has 39 heavy (non-hydrogen) atoms. The molecule has 0 aliphatic carbocycles. The molecule has 3 rings (SSSR count). The molecule has 13 heteroatoms. The number of carbonyl (C=O) groups is 4. The van der Waals surface area contributed by atoms with Gasteiger partial charge in [-0.3, -0.25) is 19.3 Å². The number of rotatable bonds is 12. The highest BCUT2D eigenvalue weighted by molar-refractivity contribution is 5.89. The molecule has 1 unspecified atom stereocenters. The Labute approximate surface area is 224 Å². The molecule has 1 amide bonds. The number of nitrogens with one attached hydrogen (secondary N) is 1. The fraction of sp³-hybridized carbons (Fsp3) is 0.385. The van der Waals surface area contributed by atoms with E-state index < -0.39 is 42.5 Å². The number of aliphatic hydroxyl groups excluding tert-OH is 1. The zero-order chi connectivity index (χ0) is 29.2. The van der Waals surface area contributed by atoms with Crippen LogP contribution in [-0.4, -0.2) is 79.3 Å². The molecule has 1 aliphatic rings. The third-order valence-electron chi connectivity index (χ3n) is 5.33. The van der Waals surface area contributed by atoms with Crippen LogP contribution in [0.5, 0.6) is 11.5 Å². The van der Waals surface area contributed by atoms with E-state index in [-0.39, 0.29) is 12.7 Å². The van der Waals surface area contributed by atoms with Gasteiger partial charge in [-0.2, -0.15) is 0 Å². The maximum absolute atomic E-state index is 11.1. The van der Waals surface area contributed by atoms with Gasteiger partial charge in [0.15, 0.2) is 17.1 Å². The van der Waals surface area contributed by atoms with Crippen molar-refractivity contribution in [3.63, 3.8) is 0 Å². The Bertz CT molecular complexity index is 1150. The predicted octanol–water partition coefficient (Wildman–Crippen LogP) is 1.51. The summed E-state index contributed by atoms with van der Waals surface area (Å²) in [5.41, 5.74) is 0.252. The average Bonchev–Trinajstić information content (AvgIpc) is 3.27. The number of hydrogen-bond donors (Lipinski definition) is 6. The first-order valence-corrected chi connectivity index (χ1v) is 11.8.